The van der Waals surface area contributed by atoms with Gasteiger partial charge in [0.25, 0.3) is 0 Å². The van der Waals surface area contributed by atoms with Crippen molar-refractivity contribution in [2.24, 2.45) is 5.92 Å². The number of aromatic nitrogens is 3. The number of halogens is 3. The summed E-state index contributed by atoms with van der Waals surface area (Å²) in [7, 11) is 0. The molecule has 2 aromatic heterocycles. The molecule has 2 fully saturated rings. The SMILES string of the molecule is FC(F)(F)C1CCN(C2CC(Nc3ncnc4[nH]ccc34)C2)CC1. The average Bonchev–Trinajstić information content (AvgIpc) is 2.99. The van der Waals surface area contributed by atoms with Gasteiger partial charge in [0.1, 0.15) is 17.8 Å². The summed E-state index contributed by atoms with van der Waals surface area (Å²) in [5.41, 5.74) is 0.803. The first-order valence-electron chi connectivity index (χ1n) is 8.36. The second kappa shape index (κ2) is 5.91. The molecule has 2 aromatic rings. The highest BCUT2D eigenvalue weighted by Crippen LogP contribution is 2.37. The van der Waals surface area contributed by atoms with Gasteiger partial charge in [-0.05, 0) is 44.8 Å². The molecule has 0 unspecified atom stereocenters. The van der Waals surface area contributed by atoms with E-state index in [2.05, 4.69) is 25.2 Å². The number of piperidine rings is 1. The molecule has 0 radical (unpaired) electrons. The summed E-state index contributed by atoms with van der Waals surface area (Å²) in [5, 5.41) is 4.40. The molecule has 130 valence electrons. The predicted molar refractivity (Wildman–Crippen MR) is 84.7 cm³/mol. The molecular formula is C16H20F3N5. The van der Waals surface area contributed by atoms with Gasteiger partial charge in [0.05, 0.1) is 11.3 Å². The summed E-state index contributed by atoms with van der Waals surface area (Å²) in [4.78, 5) is 13.7. The van der Waals surface area contributed by atoms with Crippen LogP contribution in [0.5, 0.6) is 0 Å². The molecule has 0 atom stereocenters. The van der Waals surface area contributed by atoms with Crippen LogP contribution in [0.2, 0.25) is 0 Å². The number of likely N-dealkylation sites (tertiary alicyclic amines) is 1. The Morgan fingerprint density at radius 3 is 2.62 bits per heavy atom. The Morgan fingerprint density at radius 1 is 1.17 bits per heavy atom. The van der Waals surface area contributed by atoms with Crippen molar-refractivity contribution in [3.63, 3.8) is 0 Å². The van der Waals surface area contributed by atoms with E-state index in [0.29, 0.717) is 25.2 Å². The summed E-state index contributed by atoms with van der Waals surface area (Å²) in [5.74, 6) is -0.300. The van der Waals surface area contributed by atoms with Crippen molar-refractivity contribution >= 4 is 16.9 Å². The van der Waals surface area contributed by atoms with E-state index in [1.807, 2.05) is 12.3 Å². The van der Waals surface area contributed by atoms with E-state index in [1.54, 1.807) is 0 Å². The van der Waals surface area contributed by atoms with Crippen LogP contribution < -0.4 is 5.32 Å². The fourth-order valence-electron chi connectivity index (χ4n) is 3.78. The zero-order chi connectivity index (χ0) is 16.7. The maximum Gasteiger partial charge on any atom is 0.391 e. The lowest BCUT2D eigenvalue weighted by atomic mass is 9.83. The van der Waals surface area contributed by atoms with Gasteiger partial charge >= 0.3 is 6.18 Å². The number of nitrogens with zero attached hydrogens (tertiary/aromatic N) is 3. The molecular weight excluding hydrogens is 319 g/mol. The summed E-state index contributed by atoms with van der Waals surface area (Å²) < 4.78 is 38.2. The van der Waals surface area contributed by atoms with E-state index < -0.39 is 12.1 Å². The number of fused-ring (bicyclic) bond motifs is 1. The van der Waals surface area contributed by atoms with Crippen molar-refractivity contribution in [1.29, 1.82) is 0 Å². The second-order valence-electron chi connectivity index (χ2n) is 6.78. The second-order valence-corrected chi connectivity index (χ2v) is 6.78. The summed E-state index contributed by atoms with van der Waals surface area (Å²) in [6, 6.07) is 2.65. The molecule has 0 bridgehead atoms. The summed E-state index contributed by atoms with van der Waals surface area (Å²) >= 11 is 0. The van der Waals surface area contributed by atoms with Gasteiger partial charge in [-0.15, -0.1) is 0 Å². The fourth-order valence-corrected chi connectivity index (χ4v) is 3.78. The van der Waals surface area contributed by atoms with Crippen LogP contribution in [0.1, 0.15) is 25.7 Å². The fraction of sp³-hybridized carbons (Fsp3) is 0.625. The molecule has 2 aliphatic rings. The van der Waals surface area contributed by atoms with Gasteiger partial charge in [-0.2, -0.15) is 13.2 Å². The molecule has 2 N–H and O–H groups in total. The molecule has 1 aliphatic heterocycles. The topological polar surface area (TPSA) is 56.8 Å². The predicted octanol–water partition coefficient (Wildman–Crippen LogP) is 3.18. The third-order valence-electron chi connectivity index (χ3n) is 5.32. The monoisotopic (exact) mass is 339 g/mol. The van der Waals surface area contributed by atoms with E-state index >= 15 is 0 Å². The molecule has 3 heterocycles. The van der Waals surface area contributed by atoms with Gasteiger partial charge < -0.3 is 15.2 Å². The molecule has 8 heteroatoms. The molecule has 24 heavy (non-hydrogen) atoms. The lowest BCUT2D eigenvalue weighted by Gasteiger charge is -2.46. The molecule has 1 saturated carbocycles. The van der Waals surface area contributed by atoms with E-state index in [-0.39, 0.29) is 12.8 Å². The largest absolute Gasteiger partial charge is 0.391 e. The van der Waals surface area contributed by atoms with Crippen LogP contribution in [0.15, 0.2) is 18.6 Å². The Kier molecular flexibility index (Phi) is 3.86. The van der Waals surface area contributed by atoms with Gasteiger partial charge in [0.2, 0.25) is 0 Å². The number of nitrogens with one attached hydrogen (secondary N) is 2. The third kappa shape index (κ3) is 2.94. The third-order valence-corrected chi connectivity index (χ3v) is 5.32. The van der Waals surface area contributed by atoms with Crippen molar-refractivity contribution in [1.82, 2.24) is 19.9 Å². The van der Waals surface area contributed by atoms with Crippen molar-refractivity contribution in [2.75, 3.05) is 18.4 Å². The molecule has 1 aliphatic carbocycles. The van der Waals surface area contributed by atoms with E-state index in [9.17, 15) is 13.2 Å². The Morgan fingerprint density at radius 2 is 1.92 bits per heavy atom. The first kappa shape index (κ1) is 15.7. The molecule has 0 aromatic carbocycles. The maximum absolute atomic E-state index is 12.7. The number of H-pyrrole nitrogens is 1. The average molecular weight is 339 g/mol. The van der Waals surface area contributed by atoms with Gasteiger partial charge in [-0.25, -0.2) is 9.97 Å². The highest BCUT2D eigenvalue weighted by atomic mass is 19.4. The Bertz CT molecular complexity index is 699. The normalized spacial score (nSPS) is 26.5. The molecule has 0 spiro atoms. The smallest absolute Gasteiger partial charge is 0.367 e. The lowest BCUT2D eigenvalue weighted by molar-refractivity contribution is -0.187. The van der Waals surface area contributed by atoms with E-state index in [0.717, 1.165) is 29.7 Å². The number of aromatic amines is 1. The number of hydrogen-bond donors (Lipinski definition) is 2. The standard InChI is InChI=1S/C16H20F3N5/c17-16(18,19)10-2-5-24(6-3-10)12-7-11(8-12)23-15-13-1-4-20-14(13)21-9-22-15/h1,4,9-12H,2-3,5-8H2,(H2,20,21,22,23). The van der Waals surface area contributed by atoms with Gasteiger partial charge in [0, 0.05) is 18.3 Å². The van der Waals surface area contributed by atoms with Crippen LogP contribution >= 0.6 is 0 Å². The highest BCUT2D eigenvalue weighted by Gasteiger charge is 2.43. The van der Waals surface area contributed by atoms with Crippen LogP contribution in [0.25, 0.3) is 11.0 Å². The van der Waals surface area contributed by atoms with E-state index in [1.165, 1.54) is 6.33 Å². The van der Waals surface area contributed by atoms with Crippen LogP contribution in [0.3, 0.4) is 0 Å². The summed E-state index contributed by atoms with van der Waals surface area (Å²) in [6.07, 6.45) is 1.68. The van der Waals surface area contributed by atoms with Gasteiger partial charge in [-0.1, -0.05) is 0 Å². The van der Waals surface area contributed by atoms with Gasteiger partial charge in [-0.3, -0.25) is 0 Å². The molecule has 4 rings (SSSR count). The van der Waals surface area contributed by atoms with Crippen molar-refractivity contribution in [3.05, 3.63) is 18.6 Å². The first-order chi connectivity index (χ1) is 11.5. The minimum atomic E-state index is -4.04. The van der Waals surface area contributed by atoms with Crippen LogP contribution in [-0.2, 0) is 0 Å². The number of rotatable bonds is 3. The van der Waals surface area contributed by atoms with Crippen LogP contribution in [0, 0.1) is 5.92 Å². The Labute approximate surface area is 137 Å². The van der Waals surface area contributed by atoms with Crippen molar-refractivity contribution in [3.8, 4) is 0 Å². The molecule has 0 amide bonds. The Balaban J connectivity index is 1.29. The quantitative estimate of drug-likeness (QED) is 0.902. The van der Waals surface area contributed by atoms with Crippen LogP contribution in [-0.4, -0.2) is 51.2 Å². The van der Waals surface area contributed by atoms with Crippen molar-refractivity contribution in [2.45, 2.75) is 43.9 Å². The highest BCUT2D eigenvalue weighted by molar-refractivity contribution is 5.86. The Hall–Kier alpha value is -1.83. The minimum absolute atomic E-state index is 0.230. The molecule has 5 nitrogen and oxygen atoms in total. The zero-order valence-electron chi connectivity index (χ0n) is 13.2. The molecule has 1 saturated heterocycles. The number of alkyl halides is 3. The maximum atomic E-state index is 12.7. The first-order valence-corrected chi connectivity index (χ1v) is 8.36. The lowest BCUT2D eigenvalue weighted by Crippen LogP contribution is -2.53. The number of hydrogen-bond acceptors (Lipinski definition) is 4. The van der Waals surface area contributed by atoms with Crippen LogP contribution in [0.4, 0.5) is 19.0 Å². The van der Waals surface area contributed by atoms with Gasteiger partial charge in [0.15, 0.2) is 0 Å². The van der Waals surface area contributed by atoms with Crippen molar-refractivity contribution < 1.29 is 13.2 Å². The minimum Gasteiger partial charge on any atom is -0.367 e. The van der Waals surface area contributed by atoms with E-state index in [4.69, 9.17) is 0 Å². The zero-order valence-corrected chi connectivity index (χ0v) is 13.2. The summed E-state index contributed by atoms with van der Waals surface area (Å²) in [6.45, 7) is 1.11. The number of anilines is 1.